The van der Waals surface area contributed by atoms with Crippen LogP contribution in [0, 0.1) is 5.92 Å². The number of nitrogens with one attached hydrogen (secondary N) is 2. The van der Waals surface area contributed by atoms with Crippen LogP contribution in [0.25, 0.3) is 0 Å². The lowest BCUT2D eigenvalue weighted by Gasteiger charge is -2.28. The van der Waals surface area contributed by atoms with Crippen LogP contribution in [0.1, 0.15) is 34.6 Å². The van der Waals surface area contributed by atoms with Crippen LogP contribution >= 0.6 is 0 Å². The number of carbonyl (C=O) groups is 2. The average molecular weight is 329 g/mol. The molecule has 1 aliphatic heterocycles. The minimum Gasteiger partial charge on any atom is -0.444 e. The third-order valence-electron chi connectivity index (χ3n) is 3.45. The number of alkyl carbamates (subject to hydrolysis) is 1. The second kappa shape index (κ2) is 9.08. The van der Waals surface area contributed by atoms with Crippen LogP contribution < -0.4 is 10.6 Å². The van der Waals surface area contributed by atoms with Crippen molar-refractivity contribution >= 4 is 12.0 Å². The number of morpholine rings is 1. The number of ether oxygens (including phenoxy) is 2. The van der Waals surface area contributed by atoms with Crippen LogP contribution in [0.15, 0.2) is 0 Å². The van der Waals surface area contributed by atoms with Crippen molar-refractivity contribution in [2.45, 2.75) is 46.3 Å². The van der Waals surface area contributed by atoms with Crippen molar-refractivity contribution in [2.75, 3.05) is 39.4 Å². The van der Waals surface area contributed by atoms with Crippen LogP contribution in [0.4, 0.5) is 4.79 Å². The molecular weight excluding hydrogens is 298 g/mol. The van der Waals surface area contributed by atoms with Crippen LogP contribution in [-0.2, 0) is 14.3 Å². The predicted molar refractivity (Wildman–Crippen MR) is 88.3 cm³/mol. The number of rotatable bonds is 6. The van der Waals surface area contributed by atoms with E-state index in [1.54, 1.807) is 20.8 Å². The van der Waals surface area contributed by atoms with Gasteiger partial charge in [0.25, 0.3) is 0 Å². The fourth-order valence-electron chi connectivity index (χ4n) is 2.24. The highest BCUT2D eigenvalue weighted by Gasteiger charge is 2.26. The molecule has 2 N–H and O–H groups in total. The minimum atomic E-state index is -0.602. The van der Waals surface area contributed by atoms with E-state index < -0.39 is 17.7 Å². The summed E-state index contributed by atoms with van der Waals surface area (Å²) in [6.45, 7) is 13.8. The van der Waals surface area contributed by atoms with E-state index in [1.807, 2.05) is 13.8 Å². The van der Waals surface area contributed by atoms with Gasteiger partial charge < -0.3 is 20.1 Å². The zero-order valence-corrected chi connectivity index (χ0v) is 15.0. The maximum absolute atomic E-state index is 12.3. The van der Waals surface area contributed by atoms with Gasteiger partial charge >= 0.3 is 6.09 Å². The molecule has 0 spiro atoms. The number of hydrogen-bond acceptors (Lipinski definition) is 5. The van der Waals surface area contributed by atoms with Gasteiger partial charge in [0.05, 0.1) is 13.2 Å². The number of nitrogens with zero attached hydrogens (tertiary/aromatic N) is 1. The molecule has 1 atom stereocenters. The molecule has 7 heteroatoms. The van der Waals surface area contributed by atoms with Gasteiger partial charge in [-0.15, -0.1) is 0 Å². The Labute approximate surface area is 139 Å². The molecule has 1 heterocycles. The van der Waals surface area contributed by atoms with E-state index in [-0.39, 0.29) is 11.8 Å². The highest BCUT2D eigenvalue weighted by Crippen LogP contribution is 2.08. The Kier molecular flexibility index (Phi) is 7.78. The molecule has 0 aromatic heterocycles. The largest absolute Gasteiger partial charge is 0.444 e. The zero-order valence-electron chi connectivity index (χ0n) is 15.0. The Balaban J connectivity index is 2.39. The van der Waals surface area contributed by atoms with Crippen molar-refractivity contribution in [2.24, 2.45) is 5.92 Å². The molecule has 2 amide bonds. The van der Waals surface area contributed by atoms with Crippen molar-refractivity contribution in [3.05, 3.63) is 0 Å². The van der Waals surface area contributed by atoms with E-state index in [0.717, 1.165) is 32.8 Å². The lowest BCUT2D eigenvalue weighted by Crippen LogP contribution is -2.52. The van der Waals surface area contributed by atoms with Crippen molar-refractivity contribution in [3.8, 4) is 0 Å². The van der Waals surface area contributed by atoms with Crippen molar-refractivity contribution in [3.63, 3.8) is 0 Å². The van der Waals surface area contributed by atoms with Crippen molar-refractivity contribution in [1.82, 2.24) is 15.5 Å². The SMILES string of the molecule is CC(C)[C@H](NC(=O)OC(C)(C)C)C(=O)NCCN1CCOCC1. The smallest absolute Gasteiger partial charge is 0.408 e. The number of hydrogen-bond donors (Lipinski definition) is 2. The van der Waals surface area contributed by atoms with Gasteiger partial charge in [-0.1, -0.05) is 13.8 Å². The highest BCUT2D eigenvalue weighted by molar-refractivity contribution is 5.85. The van der Waals surface area contributed by atoms with E-state index >= 15 is 0 Å². The van der Waals surface area contributed by atoms with E-state index in [0.29, 0.717) is 6.54 Å². The summed E-state index contributed by atoms with van der Waals surface area (Å²) in [7, 11) is 0. The molecule has 1 saturated heterocycles. The summed E-state index contributed by atoms with van der Waals surface area (Å²) >= 11 is 0. The lowest BCUT2D eigenvalue weighted by molar-refractivity contribution is -0.124. The Bertz CT molecular complexity index is 387. The summed E-state index contributed by atoms with van der Waals surface area (Å²) in [5, 5.41) is 5.54. The normalized spacial score (nSPS) is 17.7. The Morgan fingerprint density at radius 2 is 1.83 bits per heavy atom. The molecule has 23 heavy (non-hydrogen) atoms. The minimum absolute atomic E-state index is 0.0223. The second-order valence-electron chi connectivity index (χ2n) is 7.11. The van der Waals surface area contributed by atoms with Crippen LogP contribution in [0.3, 0.4) is 0 Å². The first kappa shape index (κ1) is 19.7. The summed E-state index contributed by atoms with van der Waals surface area (Å²) in [5.74, 6) is -0.204. The van der Waals surface area contributed by atoms with Crippen molar-refractivity contribution < 1.29 is 19.1 Å². The first-order valence-electron chi connectivity index (χ1n) is 8.26. The van der Waals surface area contributed by atoms with E-state index in [9.17, 15) is 9.59 Å². The standard InChI is InChI=1S/C16H31N3O4/c1-12(2)13(18-15(21)23-16(3,4)5)14(20)17-6-7-19-8-10-22-11-9-19/h12-13H,6-11H2,1-5H3,(H,17,20)(H,18,21)/t13-/m0/s1. The Morgan fingerprint density at radius 3 is 2.35 bits per heavy atom. The van der Waals surface area contributed by atoms with Crippen LogP contribution in [0.2, 0.25) is 0 Å². The van der Waals surface area contributed by atoms with Crippen LogP contribution in [0.5, 0.6) is 0 Å². The van der Waals surface area contributed by atoms with E-state index in [1.165, 1.54) is 0 Å². The molecular formula is C16H31N3O4. The summed E-state index contributed by atoms with van der Waals surface area (Å²) in [5.41, 5.74) is -0.585. The molecule has 0 bridgehead atoms. The third kappa shape index (κ3) is 8.18. The maximum Gasteiger partial charge on any atom is 0.408 e. The van der Waals surface area contributed by atoms with Gasteiger partial charge in [0.1, 0.15) is 11.6 Å². The van der Waals surface area contributed by atoms with E-state index in [4.69, 9.17) is 9.47 Å². The lowest BCUT2D eigenvalue weighted by atomic mass is 10.0. The molecule has 134 valence electrons. The topological polar surface area (TPSA) is 79.9 Å². The van der Waals surface area contributed by atoms with Gasteiger partial charge in [0, 0.05) is 26.2 Å². The zero-order chi connectivity index (χ0) is 17.5. The molecule has 7 nitrogen and oxygen atoms in total. The summed E-state index contributed by atoms with van der Waals surface area (Å²) in [6.07, 6.45) is -0.570. The summed E-state index contributed by atoms with van der Waals surface area (Å²) in [4.78, 5) is 26.4. The fourth-order valence-corrected chi connectivity index (χ4v) is 2.24. The molecule has 0 aromatic carbocycles. The fraction of sp³-hybridized carbons (Fsp3) is 0.875. The highest BCUT2D eigenvalue weighted by atomic mass is 16.6. The Hall–Kier alpha value is -1.34. The van der Waals surface area contributed by atoms with Crippen LogP contribution in [-0.4, -0.2) is 67.9 Å². The van der Waals surface area contributed by atoms with Gasteiger partial charge in [-0.2, -0.15) is 0 Å². The molecule has 1 rings (SSSR count). The van der Waals surface area contributed by atoms with Gasteiger partial charge in [0.15, 0.2) is 0 Å². The summed E-state index contributed by atoms with van der Waals surface area (Å²) in [6, 6.07) is -0.602. The summed E-state index contributed by atoms with van der Waals surface area (Å²) < 4.78 is 10.5. The molecule has 1 fully saturated rings. The first-order valence-corrected chi connectivity index (χ1v) is 8.26. The van der Waals surface area contributed by atoms with Gasteiger partial charge in [-0.25, -0.2) is 4.79 Å². The third-order valence-corrected chi connectivity index (χ3v) is 3.45. The molecule has 0 radical (unpaired) electrons. The average Bonchev–Trinajstić information content (AvgIpc) is 2.43. The Morgan fingerprint density at radius 1 is 1.22 bits per heavy atom. The maximum atomic E-state index is 12.3. The monoisotopic (exact) mass is 329 g/mol. The van der Waals surface area contributed by atoms with Gasteiger partial charge in [-0.05, 0) is 26.7 Å². The second-order valence-corrected chi connectivity index (χ2v) is 7.11. The molecule has 1 aliphatic rings. The van der Waals surface area contributed by atoms with E-state index in [2.05, 4.69) is 15.5 Å². The van der Waals surface area contributed by atoms with Crippen molar-refractivity contribution in [1.29, 1.82) is 0 Å². The predicted octanol–water partition coefficient (Wildman–Crippen LogP) is 0.984. The number of amides is 2. The quantitative estimate of drug-likeness (QED) is 0.759. The molecule has 0 unspecified atom stereocenters. The molecule has 0 aliphatic carbocycles. The van der Waals surface area contributed by atoms with Gasteiger partial charge in [-0.3, -0.25) is 9.69 Å². The molecule has 0 aromatic rings. The first-order chi connectivity index (χ1) is 10.7. The molecule has 0 saturated carbocycles. The van der Waals surface area contributed by atoms with Gasteiger partial charge in [0.2, 0.25) is 5.91 Å². The number of carbonyl (C=O) groups excluding carboxylic acids is 2.